The van der Waals surface area contributed by atoms with Crippen LogP contribution in [0, 0.1) is 11.3 Å². The van der Waals surface area contributed by atoms with E-state index in [1.807, 2.05) is 0 Å². The lowest BCUT2D eigenvalue weighted by molar-refractivity contribution is 0.0783. The van der Waals surface area contributed by atoms with E-state index in [-0.39, 0.29) is 0 Å². The minimum Gasteiger partial charge on any atom is -0.300 e. The minimum absolute atomic E-state index is 0.431. The van der Waals surface area contributed by atoms with Crippen molar-refractivity contribution in [2.45, 2.75) is 53.5 Å². The van der Waals surface area contributed by atoms with Crippen molar-refractivity contribution in [3.05, 3.63) is 0 Å². The Labute approximate surface area is 83.5 Å². The summed E-state index contributed by atoms with van der Waals surface area (Å²) in [6.07, 6.45) is 2.78. The number of piperidine rings is 1. The van der Waals surface area contributed by atoms with Crippen LogP contribution in [0.4, 0.5) is 0 Å². The molecule has 1 aliphatic heterocycles. The van der Waals surface area contributed by atoms with Gasteiger partial charge in [-0.05, 0) is 44.2 Å². The highest BCUT2D eigenvalue weighted by molar-refractivity contribution is 4.82. The van der Waals surface area contributed by atoms with Gasteiger partial charge in [0.25, 0.3) is 0 Å². The van der Waals surface area contributed by atoms with Gasteiger partial charge >= 0.3 is 0 Å². The van der Waals surface area contributed by atoms with Crippen LogP contribution in [-0.4, -0.2) is 24.0 Å². The van der Waals surface area contributed by atoms with Gasteiger partial charge in [-0.2, -0.15) is 0 Å². The number of nitrogens with zero attached hydrogens (tertiary/aromatic N) is 1. The molecule has 1 atom stereocenters. The van der Waals surface area contributed by atoms with Crippen LogP contribution >= 0.6 is 0 Å². The average Bonchev–Trinajstić information content (AvgIpc) is 2.03. The third-order valence-corrected chi connectivity index (χ3v) is 3.62. The molecule has 0 aromatic heterocycles. The van der Waals surface area contributed by atoms with Crippen molar-refractivity contribution in [3.8, 4) is 0 Å². The van der Waals surface area contributed by atoms with Gasteiger partial charge in [-0.15, -0.1) is 0 Å². The zero-order valence-corrected chi connectivity index (χ0v) is 9.93. The number of hydrogen-bond donors (Lipinski definition) is 0. The zero-order valence-electron chi connectivity index (χ0n) is 9.93. The van der Waals surface area contributed by atoms with Crippen LogP contribution in [0.15, 0.2) is 0 Å². The van der Waals surface area contributed by atoms with Gasteiger partial charge in [-0.3, -0.25) is 0 Å². The second kappa shape index (κ2) is 4.00. The molecule has 1 nitrogen and oxygen atoms in total. The number of hydrogen-bond acceptors (Lipinski definition) is 1. The summed E-state index contributed by atoms with van der Waals surface area (Å²) >= 11 is 0. The van der Waals surface area contributed by atoms with Gasteiger partial charge < -0.3 is 4.90 Å². The van der Waals surface area contributed by atoms with Crippen LogP contribution in [0.3, 0.4) is 0 Å². The number of rotatable bonds is 1. The van der Waals surface area contributed by atoms with Crippen molar-refractivity contribution in [2.24, 2.45) is 11.3 Å². The Hall–Kier alpha value is -0.0400. The SMILES string of the molecule is CC1CCN([C@H](C)C(C)(C)C)CC1. The molecule has 13 heavy (non-hydrogen) atoms. The summed E-state index contributed by atoms with van der Waals surface area (Å²) in [5.41, 5.74) is 0.431. The first-order chi connectivity index (χ1) is 5.91. The molecule has 0 N–H and O–H groups in total. The average molecular weight is 183 g/mol. The Kier molecular flexibility index (Phi) is 3.39. The van der Waals surface area contributed by atoms with Crippen molar-refractivity contribution >= 4 is 0 Å². The van der Waals surface area contributed by atoms with Crippen LogP contribution < -0.4 is 0 Å². The molecule has 1 saturated heterocycles. The smallest absolute Gasteiger partial charge is 0.0115 e. The fraction of sp³-hybridized carbons (Fsp3) is 1.00. The molecule has 0 aromatic rings. The summed E-state index contributed by atoms with van der Waals surface area (Å²) in [7, 11) is 0. The van der Waals surface area contributed by atoms with Crippen LogP contribution in [0.25, 0.3) is 0 Å². The summed E-state index contributed by atoms with van der Waals surface area (Å²) in [4.78, 5) is 2.65. The van der Waals surface area contributed by atoms with Crippen LogP contribution in [-0.2, 0) is 0 Å². The lowest BCUT2D eigenvalue weighted by Gasteiger charge is -2.41. The lowest BCUT2D eigenvalue weighted by Crippen LogP contribution is -2.45. The fourth-order valence-corrected chi connectivity index (χ4v) is 1.96. The van der Waals surface area contributed by atoms with Crippen LogP contribution in [0.2, 0.25) is 0 Å². The Morgan fingerprint density at radius 1 is 1.15 bits per heavy atom. The molecule has 0 amide bonds. The van der Waals surface area contributed by atoms with Gasteiger partial charge in [0, 0.05) is 6.04 Å². The van der Waals surface area contributed by atoms with Crippen LogP contribution in [0.5, 0.6) is 0 Å². The molecule has 78 valence electrons. The van der Waals surface area contributed by atoms with Gasteiger partial charge in [0.2, 0.25) is 0 Å². The van der Waals surface area contributed by atoms with Crippen molar-refractivity contribution in [1.29, 1.82) is 0 Å². The topological polar surface area (TPSA) is 3.24 Å². The standard InChI is InChI=1S/C12H25N/c1-10-6-8-13(9-7-10)11(2)12(3,4)5/h10-11H,6-9H2,1-5H3/t11-/m1/s1. The first-order valence-corrected chi connectivity index (χ1v) is 5.65. The highest BCUT2D eigenvalue weighted by atomic mass is 15.2. The Balaban J connectivity index is 2.45. The monoisotopic (exact) mass is 183 g/mol. The molecule has 0 aliphatic carbocycles. The molecule has 0 bridgehead atoms. The fourth-order valence-electron chi connectivity index (χ4n) is 1.96. The second-order valence-corrected chi connectivity index (χ2v) is 5.76. The van der Waals surface area contributed by atoms with E-state index in [1.165, 1.54) is 25.9 Å². The molecule has 1 heteroatoms. The summed E-state index contributed by atoms with van der Waals surface area (Å²) < 4.78 is 0. The van der Waals surface area contributed by atoms with Gasteiger partial charge in [0.05, 0.1) is 0 Å². The first kappa shape index (κ1) is 11.0. The molecule has 0 aromatic carbocycles. The van der Waals surface area contributed by atoms with Gasteiger partial charge in [0.15, 0.2) is 0 Å². The predicted octanol–water partition coefficient (Wildman–Crippen LogP) is 3.15. The maximum atomic E-state index is 2.65. The summed E-state index contributed by atoms with van der Waals surface area (Å²) in [5, 5.41) is 0. The summed E-state index contributed by atoms with van der Waals surface area (Å²) in [6.45, 7) is 14.4. The van der Waals surface area contributed by atoms with Crippen molar-refractivity contribution in [1.82, 2.24) is 4.90 Å². The van der Waals surface area contributed by atoms with E-state index in [0.29, 0.717) is 5.41 Å². The second-order valence-electron chi connectivity index (χ2n) is 5.76. The molecule has 1 rings (SSSR count). The lowest BCUT2D eigenvalue weighted by atomic mass is 9.85. The van der Waals surface area contributed by atoms with E-state index in [9.17, 15) is 0 Å². The first-order valence-electron chi connectivity index (χ1n) is 5.65. The Morgan fingerprint density at radius 3 is 2.00 bits per heavy atom. The third-order valence-electron chi connectivity index (χ3n) is 3.62. The summed E-state index contributed by atoms with van der Waals surface area (Å²) in [6, 6.07) is 0.722. The molecule has 0 saturated carbocycles. The van der Waals surface area contributed by atoms with E-state index < -0.39 is 0 Å². The van der Waals surface area contributed by atoms with E-state index in [0.717, 1.165) is 12.0 Å². The molecular formula is C12H25N. The van der Waals surface area contributed by atoms with Crippen molar-refractivity contribution in [3.63, 3.8) is 0 Å². The van der Waals surface area contributed by atoms with E-state index in [1.54, 1.807) is 0 Å². The molecular weight excluding hydrogens is 158 g/mol. The highest BCUT2D eigenvalue weighted by Gasteiger charge is 2.28. The van der Waals surface area contributed by atoms with Gasteiger partial charge in [0.1, 0.15) is 0 Å². The highest BCUT2D eigenvalue weighted by Crippen LogP contribution is 2.27. The maximum absolute atomic E-state index is 2.65. The Morgan fingerprint density at radius 2 is 1.62 bits per heavy atom. The van der Waals surface area contributed by atoms with Crippen molar-refractivity contribution < 1.29 is 0 Å². The van der Waals surface area contributed by atoms with Crippen molar-refractivity contribution in [2.75, 3.05) is 13.1 Å². The minimum atomic E-state index is 0.431. The molecule has 0 unspecified atom stereocenters. The number of likely N-dealkylation sites (tertiary alicyclic amines) is 1. The largest absolute Gasteiger partial charge is 0.300 e. The van der Waals surface area contributed by atoms with Gasteiger partial charge in [-0.25, -0.2) is 0 Å². The van der Waals surface area contributed by atoms with E-state index >= 15 is 0 Å². The zero-order chi connectivity index (χ0) is 10.1. The third kappa shape index (κ3) is 2.98. The van der Waals surface area contributed by atoms with E-state index in [4.69, 9.17) is 0 Å². The van der Waals surface area contributed by atoms with Gasteiger partial charge in [-0.1, -0.05) is 27.7 Å². The molecule has 0 spiro atoms. The summed E-state index contributed by atoms with van der Waals surface area (Å²) in [5.74, 6) is 0.948. The Bertz CT molecular complexity index is 149. The quantitative estimate of drug-likeness (QED) is 0.603. The van der Waals surface area contributed by atoms with Crippen LogP contribution in [0.1, 0.15) is 47.5 Å². The normalized spacial score (nSPS) is 24.7. The molecule has 1 heterocycles. The van der Waals surface area contributed by atoms with E-state index in [2.05, 4.69) is 39.5 Å². The predicted molar refractivity (Wildman–Crippen MR) is 58.9 cm³/mol. The molecule has 1 aliphatic rings. The molecule has 0 radical (unpaired) electrons. The molecule has 1 fully saturated rings. The maximum Gasteiger partial charge on any atom is 0.0115 e.